The Bertz CT molecular complexity index is 609. The molecule has 0 aliphatic heterocycles. The van der Waals surface area contributed by atoms with E-state index in [-0.39, 0.29) is 5.04 Å². The second-order valence-corrected chi connectivity index (χ2v) is 11.7. The van der Waals surface area contributed by atoms with Gasteiger partial charge in [0, 0.05) is 11.4 Å². The van der Waals surface area contributed by atoms with E-state index >= 15 is 0 Å². The van der Waals surface area contributed by atoms with Gasteiger partial charge in [-0.2, -0.15) is 9.50 Å². The van der Waals surface area contributed by atoms with Crippen LogP contribution in [-0.4, -0.2) is 27.8 Å². The molecule has 0 bridgehead atoms. The van der Waals surface area contributed by atoms with Gasteiger partial charge in [-0.05, 0) is 25.0 Å². The zero-order chi connectivity index (χ0) is 14.4. The first-order valence-corrected chi connectivity index (χ1v) is 9.59. The third-order valence-electron chi connectivity index (χ3n) is 3.92. The van der Waals surface area contributed by atoms with Gasteiger partial charge < -0.3 is 4.98 Å². The van der Waals surface area contributed by atoms with Gasteiger partial charge in [0.15, 0.2) is 8.24 Å². The Morgan fingerprint density at radius 2 is 1.79 bits per heavy atom. The molecule has 2 aromatic heterocycles. The molecule has 2 aromatic rings. The summed E-state index contributed by atoms with van der Waals surface area (Å²) in [4.78, 5) is 12.5. The second kappa shape index (κ2) is 4.30. The van der Waals surface area contributed by atoms with E-state index in [1.807, 2.05) is 19.9 Å². The third kappa shape index (κ3) is 2.63. The molecular formula is C13H23N5Si. The molecule has 0 amide bonds. The summed E-state index contributed by atoms with van der Waals surface area (Å²) in [5, 5.41) is 4.76. The Kier molecular flexibility index (Phi) is 3.16. The number of anilines is 1. The fourth-order valence-corrected chi connectivity index (χ4v) is 2.73. The van der Waals surface area contributed by atoms with Crippen molar-refractivity contribution in [1.82, 2.24) is 19.6 Å². The van der Waals surface area contributed by atoms with Crippen LogP contribution in [0.25, 0.3) is 5.78 Å². The molecule has 5 nitrogen and oxygen atoms in total. The molecule has 0 fully saturated rings. The molecule has 6 heteroatoms. The highest BCUT2D eigenvalue weighted by molar-refractivity contribution is 6.82. The number of fused-ring (bicyclic) bond motifs is 1. The van der Waals surface area contributed by atoms with Crippen molar-refractivity contribution < 1.29 is 0 Å². The monoisotopic (exact) mass is 277 g/mol. The lowest BCUT2D eigenvalue weighted by molar-refractivity contribution is 0.722. The molecule has 19 heavy (non-hydrogen) atoms. The van der Waals surface area contributed by atoms with Crippen molar-refractivity contribution in [2.45, 2.75) is 52.8 Å². The molecule has 0 aliphatic rings. The van der Waals surface area contributed by atoms with Gasteiger partial charge in [0.2, 0.25) is 5.95 Å². The SMILES string of the molecule is Cc1cc(C)n2nc(N[Si](C)(C)C(C)(C)C)nc2n1. The highest BCUT2D eigenvalue weighted by atomic mass is 28.3. The molecule has 0 saturated heterocycles. The summed E-state index contributed by atoms with van der Waals surface area (Å²) < 4.78 is 1.79. The van der Waals surface area contributed by atoms with Crippen molar-refractivity contribution in [2.24, 2.45) is 0 Å². The molecule has 1 N–H and O–H groups in total. The minimum Gasteiger partial charge on any atom is -0.378 e. The Labute approximate surface area is 115 Å². The van der Waals surface area contributed by atoms with Gasteiger partial charge in [-0.15, -0.1) is 5.10 Å². The van der Waals surface area contributed by atoms with Gasteiger partial charge >= 0.3 is 0 Å². The first-order valence-electron chi connectivity index (χ1n) is 6.59. The maximum Gasteiger partial charge on any atom is 0.254 e. The van der Waals surface area contributed by atoms with Crippen LogP contribution in [0.3, 0.4) is 0 Å². The van der Waals surface area contributed by atoms with E-state index in [1.54, 1.807) is 4.52 Å². The average Bonchev–Trinajstić information content (AvgIpc) is 2.57. The number of rotatable bonds is 2. The topological polar surface area (TPSA) is 55.1 Å². The summed E-state index contributed by atoms with van der Waals surface area (Å²) in [6.07, 6.45) is 0. The number of aryl methyl sites for hydroxylation is 2. The van der Waals surface area contributed by atoms with E-state index < -0.39 is 8.24 Å². The zero-order valence-corrected chi connectivity index (χ0v) is 13.9. The van der Waals surface area contributed by atoms with Crippen molar-refractivity contribution in [3.63, 3.8) is 0 Å². The summed E-state index contributed by atoms with van der Waals surface area (Å²) in [7, 11) is -1.66. The van der Waals surface area contributed by atoms with Crippen LogP contribution in [0.15, 0.2) is 6.07 Å². The standard InChI is InChI=1S/C13H23N5Si/c1-9-8-10(2)18-12(14-9)15-11(16-18)17-19(6,7)13(3,4)5/h8H,1-7H3,(H,16,17). The van der Waals surface area contributed by atoms with Crippen LogP contribution in [0, 0.1) is 13.8 Å². The number of aromatic nitrogens is 4. The highest BCUT2D eigenvalue weighted by Crippen LogP contribution is 2.35. The van der Waals surface area contributed by atoms with Crippen LogP contribution < -0.4 is 4.98 Å². The molecule has 0 aromatic carbocycles. The fraction of sp³-hybridized carbons (Fsp3) is 0.615. The molecular weight excluding hydrogens is 254 g/mol. The molecule has 0 spiro atoms. The second-order valence-electron chi connectivity index (χ2n) is 6.69. The van der Waals surface area contributed by atoms with Gasteiger partial charge in [0.1, 0.15) is 0 Å². The van der Waals surface area contributed by atoms with Gasteiger partial charge in [0.05, 0.1) is 0 Å². The van der Waals surface area contributed by atoms with E-state index in [0.717, 1.165) is 11.4 Å². The molecule has 0 radical (unpaired) electrons. The quantitative estimate of drug-likeness (QED) is 0.857. The number of nitrogens with one attached hydrogen (secondary N) is 1. The zero-order valence-electron chi connectivity index (χ0n) is 12.9. The Morgan fingerprint density at radius 3 is 2.37 bits per heavy atom. The van der Waals surface area contributed by atoms with Crippen molar-refractivity contribution >= 4 is 20.0 Å². The van der Waals surface area contributed by atoms with Crippen LogP contribution >= 0.6 is 0 Å². The Hall–Kier alpha value is -1.43. The Balaban J connectivity index is 2.40. The largest absolute Gasteiger partial charge is 0.378 e. The predicted octanol–water partition coefficient (Wildman–Crippen LogP) is 3.16. The van der Waals surface area contributed by atoms with Crippen LogP contribution in [-0.2, 0) is 0 Å². The summed E-state index contributed by atoms with van der Waals surface area (Å²) >= 11 is 0. The molecule has 0 unspecified atom stereocenters. The van der Waals surface area contributed by atoms with E-state index in [4.69, 9.17) is 0 Å². The van der Waals surface area contributed by atoms with Crippen LogP contribution in [0.5, 0.6) is 0 Å². The minimum absolute atomic E-state index is 0.239. The van der Waals surface area contributed by atoms with Gasteiger partial charge in [-0.1, -0.05) is 33.9 Å². The van der Waals surface area contributed by atoms with Gasteiger partial charge in [0.25, 0.3) is 5.78 Å². The smallest absolute Gasteiger partial charge is 0.254 e. The normalized spacial score (nSPS) is 13.0. The number of hydrogen-bond donors (Lipinski definition) is 1. The summed E-state index contributed by atoms with van der Waals surface area (Å²) in [5.74, 6) is 1.35. The molecule has 2 rings (SSSR count). The summed E-state index contributed by atoms with van der Waals surface area (Å²) in [5.41, 5.74) is 2.02. The lowest BCUT2D eigenvalue weighted by Gasteiger charge is -2.36. The molecule has 104 valence electrons. The van der Waals surface area contributed by atoms with E-state index in [2.05, 4.69) is 53.9 Å². The van der Waals surface area contributed by atoms with Crippen LogP contribution in [0.2, 0.25) is 18.1 Å². The molecule has 0 atom stereocenters. The lowest BCUT2D eigenvalue weighted by atomic mass is 10.2. The van der Waals surface area contributed by atoms with E-state index in [1.165, 1.54) is 0 Å². The van der Waals surface area contributed by atoms with Gasteiger partial charge in [-0.3, -0.25) is 0 Å². The maximum absolute atomic E-state index is 4.52. The molecule has 0 saturated carbocycles. The number of nitrogens with zero attached hydrogens (tertiary/aromatic N) is 4. The van der Waals surface area contributed by atoms with Gasteiger partial charge in [-0.25, -0.2) is 4.98 Å². The minimum atomic E-state index is -1.66. The van der Waals surface area contributed by atoms with Crippen molar-refractivity contribution in [1.29, 1.82) is 0 Å². The predicted molar refractivity (Wildman–Crippen MR) is 81.1 cm³/mol. The van der Waals surface area contributed by atoms with Crippen molar-refractivity contribution in [3.8, 4) is 0 Å². The van der Waals surface area contributed by atoms with Crippen LogP contribution in [0.4, 0.5) is 5.95 Å². The fourth-order valence-electron chi connectivity index (χ4n) is 1.69. The third-order valence-corrected chi connectivity index (χ3v) is 8.52. The van der Waals surface area contributed by atoms with Crippen LogP contribution in [0.1, 0.15) is 32.2 Å². The van der Waals surface area contributed by atoms with Crippen molar-refractivity contribution in [3.05, 3.63) is 17.5 Å². The van der Waals surface area contributed by atoms with E-state index in [0.29, 0.717) is 11.7 Å². The lowest BCUT2D eigenvalue weighted by Crippen LogP contribution is -2.46. The molecule has 0 aliphatic carbocycles. The van der Waals surface area contributed by atoms with Crippen molar-refractivity contribution in [2.75, 3.05) is 4.98 Å². The summed E-state index contributed by atoms with van der Waals surface area (Å²) in [6, 6.07) is 2.01. The summed E-state index contributed by atoms with van der Waals surface area (Å²) in [6.45, 7) is 15.4. The molecule has 2 heterocycles. The maximum atomic E-state index is 4.52. The Morgan fingerprint density at radius 1 is 1.16 bits per heavy atom. The first-order chi connectivity index (χ1) is 8.60. The number of hydrogen-bond acceptors (Lipinski definition) is 4. The average molecular weight is 277 g/mol. The highest BCUT2D eigenvalue weighted by Gasteiger charge is 2.36. The first kappa shape index (κ1) is 14.0. The van der Waals surface area contributed by atoms with E-state index in [9.17, 15) is 0 Å².